The van der Waals surface area contributed by atoms with Crippen LogP contribution < -0.4 is 16.0 Å². The molecule has 2 aromatic carbocycles. The maximum atomic E-state index is 12.9. The van der Waals surface area contributed by atoms with Crippen molar-refractivity contribution in [2.24, 2.45) is 0 Å². The summed E-state index contributed by atoms with van der Waals surface area (Å²) >= 11 is 6.49. The number of para-hydroxylation sites is 1. The van der Waals surface area contributed by atoms with Crippen molar-refractivity contribution in [1.29, 1.82) is 0 Å². The summed E-state index contributed by atoms with van der Waals surface area (Å²) < 4.78 is 0. The molecule has 0 aliphatic heterocycles. The van der Waals surface area contributed by atoms with E-state index in [0.717, 1.165) is 47.7 Å². The summed E-state index contributed by atoms with van der Waals surface area (Å²) in [7, 11) is 0. The minimum Gasteiger partial charge on any atom is -0.360 e. The van der Waals surface area contributed by atoms with Gasteiger partial charge in [-0.15, -0.1) is 0 Å². The summed E-state index contributed by atoms with van der Waals surface area (Å²) in [5, 5.41) is 10.9. The summed E-state index contributed by atoms with van der Waals surface area (Å²) in [4.78, 5) is 37.3. The highest BCUT2D eigenvalue weighted by Crippen LogP contribution is 2.32. The molecule has 5 rings (SSSR count). The maximum Gasteiger partial charge on any atom is 0.251 e. The third-order valence-electron chi connectivity index (χ3n) is 6.77. The van der Waals surface area contributed by atoms with Crippen LogP contribution >= 0.6 is 11.6 Å². The molecule has 0 radical (unpaired) electrons. The van der Waals surface area contributed by atoms with Crippen LogP contribution in [0.3, 0.4) is 0 Å². The van der Waals surface area contributed by atoms with Gasteiger partial charge in [-0.25, -0.2) is 9.97 Å². The largest absolute Gasteiger partial charge is 0.360 e. The Balaban J connectivity index is 1.21. The SMILES string of the molecule is CC(C)=CC(=O)Nc1ccc(C(=O)N[C@H]2CCC[C@@H](Nc3ncc(Cl)c(-c4c[nH]c5ccccc45)n3)C2)cc1. The second kappa shape index (κ2) is 11.7. The number of benzene rings is 2. The highest BCUT2D eigenvalue weighted by Gasteiger charge is 2.25. The third-order valence-corrected chi connectivity index (χ3v) is 7.04. The third kappa shape index (κ3) is 6.46. The summed E-state index contributed by atoms with van der Waals surface area (Å²) in [6.45, 7) is 3.73. The van der Waals surface area contributed by atoms with Crippen molar-refractivity contribution in [1.82, 2.24) is 20.3 Å². The first-order valence-corrected chi connectivity index (χ1v) is 13.5. The van der Waals surface area contributed by atoms with Crippen molar-refractivity contribution >= 4 is 46.0 Å². The van der Waals surface area contributed by atoms with Gasteiger partial charge >= 0.3 is 0 Å². The molecule has 2 aromatic heterocycles. The standard InChI is InChI=1S/C30H31ClN6O2/c1-18(2)14-27(38)34-20-12-10-19(11-13-20)29(39)35-21-6-5-7-22(15-21)36-30-33-17-25(31)28(37-30)24-16-32-26-9-4-3-8-23(24)26/h3-4,8-14,16-17,21-22,32H,5-7,15H2,1-2H3,(H,34,38)(H,35,39)(H,33,36,37)/t21-,22+/m0/s1. The average molecular weight is 543 g/mol. The van der Waals surface area contributed by atoms with Gasteiger partial charge in [-0.1, -0.05) is 35.4 Å². The van der Waals surface area contributed by atoms with Crippen LogP contribution in [0.2, 0.25) is 5.02 Å². The predicted molar refractivity (Wildman–Crippen MR) is 156 cm³/mol. The van der Waals surface area contributed by atoms with Gasteiger partial charge in [0.2, 0.25) is 11.9 Å². The Morgan fingerprint density at radius 2 is 1.82 bits per heavy atom. The number of nitrogens with one attached hydrogen (secondary N) is 4. The van der Waals surface area contributed by atoms with Crippen LogP contribution in [0.25, 0.3) is 22.2 Å². The lowest BCUT2D eigenvalue weighted by Crippen LogP contribution is -2.42. The summed E-state index contributed by atoms with van der Waals surface area (Å²) in [5.41, 5.74) is 4.73. The number of amides is 2. The number of fused-ring (bicyclic) bond motifs is 1. The van der Waals surface area contributed by atoms with Crippen molar-refractivity contribution < 1.29 is 9.59 Å². The number of hydrogen-bond donors (Lipinski definition) is 4. The van der Waals surface area contributed by atoms with E-state index in [2.05, 4.69) is 25.9 Å². The number of anilines is 2. The van der Waals surface area contributed by atoms with Crippen molar-refractivity contribution in [3.63, 3.8) is 0 Å². The van der Waals surface area contributed by atoms with Gasteiger partial charge in [0.1, 0.15) is 0 Å². The molecule has 39 heavy (non-hydrogen) atoms. The molecule has 1 saturated carbocycles. The van der Waals surface area contributed by atoms with Crippen molar-refractivity contribution in [2.75, 3.05) is 10.6 Å². The second-order valence-corrected chi connectivity index (χ2v) is 10.5. The van der Waals surface area contributed by atoms with Gasteiger partial charge in [0.05, 0.1) is 16.9 Å². The number of aromatic amines is 1. The molecule has 2 atom stereocenters. The topological polar surface area (TPSA) is 112 Å². The zero-order valence-electron chi connectivity index (χ0n) is 21.9. The van der Waals surface area contributed by atoms with E-state index in [1.807, 2.05) is 44.3 Å². The Labute approximate surface area is 232 Å². The lowest BCUT2D eigenvalue weighted by Gasteiger charge is -2.30. The number of rotatable bonds is 7. The van der Waals surface area contributed by atoms with E-state index in [9.17, 15) is 9.59 Å². The maximum absolute atomic E-state index is 12.9. The first kappa shape index (κ1) is 26.4. The fourth-order valence-corrected chi connectivity index (χ4v) is 5.13. The Morgan fingerprint density at radius 1 is 1.05 bits per heavy atom. The zero-order valence-corrected chi connectivity index (χ0v) is 22.7. The van der Waals surface area contributed by atoms with Crippen LogP contribution in [0.5, 0.6) is 0 Å². The fourth-order valence-electron chi connectivity index (χ4n) is 4.94. The summed E-state index contributed by atoms with van der Waals surface area (Å²) in [6, 6.07) is 15.1. The number of hydrogen-bond acceptors (Lipinski definition) is 5. The Bertz CT molecular complexity index is 1520. The Kier molecular flexibility index (Phi) is 7.93. The molecule has 1 aliphatic rings. The molecule has 9 heteroatoms. The van der Waals surface area contributed by atoms with Crippen LogP contribution in [0, 0.1) is 0 Å². The van der Waals surface area contributed by atoms with Crippen LogP contribution in [0.1, 0.15) is 49.9 Å². The number of H-pyrrole nitrogens is 1. The highest BCUT2D eigenvalue weighted by molar-refractivity contribution is 6.33. The van der Waals surface area contributed by atoms with Crippen LogP contribution in [0.4, 0.5) is 11.6 Å². The molecule has 0 unspecified atom stereocenters. The van der Waals surface area contributed by atoms with Gasteiger partial charge in [-0.05, 0) is 69.9 Å². The molecule has 8 nitrogen and oxygen atoms in total. The van der Waals surface area contributed by atoms with Crippen molar-refractivity contribution in [2.45, 2.75) is 51.6 Å². The van der Waals surface area contributed by atoms with E-state index in [4.69, 9.17) is 16.6 Å². The molecule has 2 amide bonds. The highest BCUT2D eigenvalue weighted by atomic mass is 35.5. The van der Waals surface area contributed by atoms with Crippen LogP contribution in [-0.4, -0.2) is 38.8 Å². The number of allylic oxidation sites excluding steroid dienone is 1. The van der Waals surface area contributed by atoms with Gasteiger partial charge in [-0.2, -0.15) is 0 Å². The molecule has 0 spiro atoms. The molecular weight excluding hydrogens is 512 g/mol. The number of halogens is 1. The van der Waals surface area contributed by atoms with Crippen molar-refractivity contribution in [3.8, 4) is 11.3 Å². The molecule has 4 aromatic rings. The number of carbonyl (C=O) groups excluding carboxylic acids is 2. The lowest BCUT2D eigenvalue weighted by atomic mass is 9.91. The van der Waals surface area contributed by atoms with E-state index in [1.54, 1.807) is 30.5 Å². The van der Waals surface area contributed by atoms with E-state index >= 15 is 0 Å². The van der Waals surface area contributed by atoms with E-state index in [0.29, 0.717) is 27.9 Å². The van der Waals surface area contributed by atoms with Gasteiger partial charge in [0.25, 0.3) is 5.91 Å². The summed E-state index contributed by atoms with van der Waals surface area (Å²) in [6.07, 6.45) is 8.67. The first-order valence-electron chi connectivity index (χ1n) is 13.1. The molecular formula is C30H31ClN6O2. The summed E-state index contributed by atoms with van der Waals surface area (Å²) in [5.74, 6) is 0.195. The van der Waals surface area contributed by atoms with E-state index in [-0.39, 0.29) is 23.9 Å². The molecule has 2 heterocycles. The average Bonchev–Trinajstić information content (AvgIpc) is 3.34. The molecule has 200 valence electrons. The minimum absolute atomic E-state index is 0.0289. The molecule has 1 fully saturated rings. The monoisotopic (exact) mass is 542 g/mol. The molecule has 0 saturated heterocycles. The molecule has 1 aliphatic carbocycles. The Morgan fingerprint density at radius 3 is 2.62 bits per heavy atom. The number of carbonyl (C=O) groups is 2. The second-order valence-electron chi connectivity index (χ2n) is 10.1. The van der Waals surface area contributed by atoms with Gasteiger partial charge in [-0.3, -0.25) is 9.59 Å². The number of aromatic nitrogens is 3. The van der Waals surface area contributed by atoms with Crippen molar-refractivity contribution in [3.05, 3.63) is 83.2 Å². The zero-order chi connectivity index (χ0) is 27.4. The van der Waals surface area contributed by atoms with E-state index in [1.165, 1.54) is 6.08 Å². The Hall–Kier alpha value is -4.17. The predicted octanol–water partition coefficient (Wildman–Crippen LogP) is 6.34. The van der Waals surface area contributed by atoms with Gasteiger partial charge in [0.15, 0.2) is 0 Å². The minimum atomic E-state index is -0.189. The van der Waals surface area contributed by atoms with Gasteiger partial charge in [0, 0.05) is 52.1 Å². The van der Waals surface area contributed by atoms with Crippen LogP contribution in [-0.2, 0) is 4.79 Å². The van der Waals surface area contributed by atoms with E-state index < -0.39 is 0 Å². The molecule has 4 N–H and O–H groups in total. The van der Waals surface area contributed by atoms with Crippen LogP contribution in [0.15, 0.2) is 72.6 Å². The van der Waals surface area contributed by atoms with Gasteiger partial charge < -0.3 is 20.9 Å². The normalized spacial score (nSPS) is 16.9. The molecule has 0 bridgehead atoms. The quantitative estimate of drug-likeness (QED) is 0.204. The smallest absolute Gasteiger partial charge is 0.251 e. The first-order chi connectivity index (χ1) is 18.9. The fraction of sp³-hybridized carbons (Fsp3) is 0.267. The lowest BCUT2D eigenvalue weighted by molar-refractivity contribution is -0.111. The number of nitrogens with zero attached hydrogens (tertiary/aromatic N) is 2.